The molecule has 0 spiro atoms. The van der Waals surface area contributed by atoms with E-state index in [1.54, 1.807) is 6.20 Å². The zero-order valence-corrected chi connectivity index (χ0v) is 11.6. The van der Waals surface area contributed by atoms with Crippen LogP contribution in [0.3, 0.4) is 0 Å². The fourth-order valence-electron chi connectivity index (χ4n) is 1.79. The number of aromatic nitrogens is 1. The lowest BCUT2D eigenvalue weighted by atomic mass is 10.2. The number of hydrogen-bond acceptors (Lipinski definition) is 2. The van der Waals surface area contributed by atoms with Gasteiger partial charge in [-0.1, -0.05) is 12.1 Å². The summed E-state index contributed by atoms with van der Waals surface area (Å²) in [4.78, 5) is 4.28. The van der Waals surface area contributed by atoms with Gasteiger partial charge in [0.2, 0.25) is 0 Å². The molecule has 1 N–H and O–H groups in total. The molecule has 0 radical (unpaired) electrons. The fraction of sp³-hybridized carbons (Fsp3) is 0.308. The van der Waals surface area contributed by atoms with Gasteiger partial charge in [-0.2, -0.15) is 13.2 Å². The average Bonchev–Trinajstić information content (AvgIpc) is 2.33. The quantitative estimate of drug-likeness (QED) is 0.817. The first-order valence-corrected chi connectivity index (χ1v) is 6.60. The number of anilines is 1. The number of benzene rings is 1. The van der Waals surface area contributed by atoms with E-state index in [9.17, 15) is 13.2 Å². The predicted octanol–water partition coefficient (Wildman–Crippen LogP) is 4.75. The van der Waals surface area contributed by atoms with E-state index in [0.29, 0.717) is 0 Å². The number of rotatable bonds is 4. The summed E-state index contributed by atoms with van der Waals surface area (Å²) in [6, 6.07) is 7.50. The lowest BCUT2D eigenvalue weighted by molar-refractivity contribution is -0.134. The molecule has 0 aliphatic heterocycles. The molecule has 0 saturated carbocycles. The predicted molar refractivity (Wildman–Crippen MR) is 73.2 cm³/mol. The molecule has 0 aliphatic rings. The van der Waals surface area contributed by atoms with Gasteiger partial charge in [-0.3, -0.25) is 4.98 Å². The molecule has 0 amide bonds. The molecule has 6 heteroatoms. The first kappa shape index (κ1) is 14.1. The molecular weight excluding hydrogens is 321 g/mol. The van der Waals surface area contributed by atoms with Crippen LogP contribution in [0.2, 0.25) is 0 Å². The smallest absolute Gasteiger partial charge is 0.383 e. The number of nitrogens with zero attached hydrogens (tertiary/aromatic N) is 1. The summed E-state index contributed by atoms with van der Waals surface area (Å²) in [6.07, 6.45) is -3.15. The second-order valence-electron chi connectivity index (χ2n) is 4.18. The van der Waals surface area contributed by atoms with Crippen LogP contribution < -0.4 is 5.32 Å². The Morgan fingerprint density at radius 1 is 1.26 bits per heavy atom. The number of hydrogen-bond donors (Lipinski definition) is 1. The second kappa shape index (κ2) is 5.77. The molecule has 0 saturated heterocycles. The van der Waals surface area contributed by atoms with Gasteiger partial charge in [0.05, 0.1) is 11.2 Å². The van der Waals surface area contributed by atoms with Crippen LogP contribution in [-0.4, -0.2) is 17.7 Å². The Bertz CT molecular complexity index is 569. The van der Waals surface area contributed by atoms with Crippen molar-refractivity contribution in [2.45, 2.75) is 19.0 Å². The van der Waals surface area contributed by atoms with Gasteiger partial charge in [0, 0.05) is 29.0 Å². The summed E-state index contributed by atoms with van der Waals surface area (Å²) < 4.78 is 37.0. The lowest BCUT2D eigenvalue weighted by Crippen LogP contribution is -2.11. The van der Waals surface area contributed by atoms with E-state index in [2.05, 4.69) is 26.2 Å². The van der Waals surface area contributed by atoms with E-state index in [-0.39, 0.29) is 13.0 Å². The van der Waals surface area contributed by atoms with Gasteiger partial charge in [0.15, 0.2) is 0 Å². The van der Waals surface area contributed by atoms with Crippen LogP contribution in [0.15, 0.2) is 34.9 Å². The normalized spacial score (nSPS) is 11.8. The zero-order valence-electron chi connectivity index (χ0n) is 9.97. The average molecular weight is 333 g/mol. The number of halogens is 4. The first-order valence-electron chi connectivity index (χ1n) is 5.80. The molecule has 1 aromatic carbocycles. The van der Waals surface area contributed by atoms with E-state index in [0.717, 1.165) is 21.1 Å². The summed E-state index contributed by atoms with van der Waals surface area (Å²) >= 11 is 3.33. The van der Waals surface area contributed by atoms with Gasteiger partial charge < -0.3 is 5.32 Å². The number of nitrogens with one attached hydrogen (secondary N) is 1. The highest BCUT2D eigenvalue weighted by atomic mass is 79.9. The van der Waals surface area contributed by atoms with Crippen LogP contribution in [0.5, 0.6) is 0 Å². The number of pyridine rings is 1. The number of alkyl halides is 3. The molecule has 2 rings (SSSR count). The van der Waals surface area contributed by atoms with Crippen molar-refractivity contribution in [1.29, 1.82) is 0 Å². The van der Waals surface area contributed by atoms with Gasteiger partial charge in [0.1, 0.15) is 0 Å². The molecule has 102 valence electrons. The molecule has 0 aliphatic carbocycles. The van der Waals surface area contributed by atoms with E-state index in [1.165, 1.54) is 0 Å². The van der Waals surface area contributed by atoms with E-state index < -0.39 is 12.6 Å². The minimum atomic E-state index is -4.09. The Morgan fingerprint density at radius 3 is 2.79 bits per heavy atom. The van der Waals surface area contributed by atoms with Gasteiger partial charge in [-0.05, 0) is 34.5 Å². The summed E-state index contributed by atoms with van der Waals surface area (Å²) in [5.41, 5.74) is 1.52. The Kier molecular flexibility index (Phi) is 4.29. The SMILES string of the molecule is FC(F)(F)CCCNc1cccc2cc(Br)cnc12. The van der Waals surface area contributed by atoms with Crippen LogP contribution in [-0.2, 0) is 0 Å². The Balaban J connectivity index is 2.05. The minimum absolute atomic E-state index is 0.0520. The summed E-state index contributed by atoms with van der Waals surface area (Å²) in [5, 5.41) is 3.94. The van der Waals surface area contributed by atoms with Crippen molar-refractivity contribution < 1.29 is 13.2 Å². The van der Waals surface area contributed by atoms with Gasteiger partial charge in [-0.25, -0.2) is 0 Å². The Labute approximate surface area is 117 Å². The fourth-order valence-corrected chi connectivity index (χ4v) is 2.14. The van der Waals surface area contributed by atoms with Crippen molar-refractivity contribution in [3.8, 4) is 0 Å². The monoisotopic (exact) mass is 332 g/mol. The third-order valence-electron chi connectivity index (χ3n) is 2.63. The molecule has 0 atom stereocenters. The molecule has 1 heterocycles. The summed E-state index contributed by atoms with van der Waals surface area (Å²) in [6.45, 7) is 0.274. The van der Waals surface area contributed by atoms with E-state index in [4.69, 9.17) is 0 Å². The first-order chi connectivity index (χ1) is 8.96. The van der Waals surface area contributed by atoms with Crippen LogP contribution in [0.1, 0.15) is 12.8 Å². The van der Waals surface area contributed by atoms with Crippen molar-refractivity contribution in [3.63, 3.8) is 0 Å². The Hall–Kier alpha value is -1.30. The lowest BCUT2D eigenvalue weighted by Gasteiger charge is -2.10. The summed E-state index contributed by atoms with van der Waals surface area (Å²) in [5.74, 6) is 0. The maximum atomic E-state index is 12.0. The largest absolute Gasteiger partial charge is 0.389 e. The maximum Gasteiger partial charge on any atom is 0.389 e. The van der Waals surface area contributed by atoms with Gasteiger partial charge >= 0.3 is 6.18 Å². The summed E-state index contributed by atoms with van der Waals surface area (Å²) in [7, 11) is 0. The van der Waals surface area contributed by atoms with Crippen molar-refractivity contribution in [1.82, 2.24) is 4.98 Å². The minimum Gasteiger partial charge on any atom is -0.383 e. The molecular formula is C13H12BrF3N2. The Morgan fingerprint density at radius 2 is 2.05 bits per heavy atom. The van der Waals surface area contributed by atoms with E-state index in [1.807, 2.05) is 24.3 Å². The van der Waals surface area contributed by atoms with Crippen molar-refractivity contribution in [3.05, 3.63) is 34.9 Å². The van der Waals surface area contributed by atoms with E-state index >= 15 is 0 Å². The molecule has 0 fully saturated rings. The maximum absolute atomic E-state index is 12.0. The highest BCUT2D eigenvalue weighted by molar-refractivity contribution is 9.10. The van der Waals surface area contributed by atoms with Crippen LogP contribution in [0.25, 0.3) is 10.9 Å². The zero-order chi connectivity index (χ0) is 13.9. The molecule has 19 heavy (non-hydrogen) atoms. The molecule has 0 bridgehead atoms. The number of fused-ring (bicyclic) bond motifs is 1. The van der Waals surface area contributed by atoms with Gasteiger partial charge in [-0.15, -0.1) is 0 Å². The van der Waals surface area contributed by atoms with Crippen LogP contribution in [0, 0.1) is 0 Å². The second-order valence-corrected chi connectivity index (χ2v) is 5.09. The van der Waals surface area contributed by atoms with Gasteiger partial charge in [0.25, 0.3) is 0 Å². The third kappa shape index (κ3) is 4.09. The highest BCUT2D eigenvalue weighted by Gasteiger charge is 2.25. The molecule has 2 aromatic rings. The molecule has 0 unspecified atom stereocenters. The van der Waals surface area contributed by atoms with Crippen molar-refractivity contribution >= 4 is 32.5 Å². The highest BCUT2D eigenvalue weighted by Crippen LogP contribution is 2.25. The van der Waals surface area contributed by atoms with Crippen molar-refractivity contribution in [2.24, 2.45) is 0 Å². The topological polar surface area (TPSA) is 24.9 Å². The molecule has 1 aromatic heterocycles. The third-order valence-corrected chi connectivity index (χ3v) is 3.06. The van der Waals surface area contributed by atoms with Crippen LogP contribution in [0.4, 0.5) is 18.9 Å². The van der Waals surface area contributed by atoms with Crippen molar-refractivity contribution in [2.75, 3.05) is 11.9 Å². The molecule has 2 nitrogen and oxygen atoms in total. The standard InChI is InChI=1S/C13H12BrF3N2/c14-10-7-9-3-1-4-11(12(9)19-8-10)18-6-2-5-13(15,16)17/h1,3-4,7-8,18H,2,5-6H2. The van der Waals surface area contributed by atoms with Crippen LogP contribution >= 0.6 is 15.9 Å². The number of para-hydroxylation sites is 1.